The Morgan fingerprint density at radius 3 is 2.21 bits per heavy atom. The van der Waals surface area contributed by atoms with E-state index in [1.165, 1.54) is 12.8 Å². The molecule has 2 fully saturated rings. The van der Waals surface area contributed by atoms with E-state index in [2.05, 4.69) is 10.6 Å². The van der Waals surface area contributed by atoms with Gasteiger partial charge in [-0.2, -0.15) is 0 Å². The molecule has 2 N–H and O–H groups in total. The number of ether oxygens (including phenoxy) is 1. The summed E-state index contributed by atoms with van der Waals surface area (Å²) in [6.07, 6.45) is 4.01. The van der Waals surface area contributed by atoms with Crippen LogP contribution in [-0.2, 0) is 4.74 Å². The number of aromatic nitrogens is 2. The standard InChI is InChI=1S/C21H29N5O2/c1-21(2,3)28-20(27)26-12-6-7-15(13-26)23-19-18(22-14-10-11-14)24-16-8-4-5-9-17(16)25-19/h4-5,8-9,14-15H,6-7,10-13H2,1-3H3,(H,22,24)(H,23,25)/t15-/m0/s1. The van der Waals surface area contributed by atoms with Crippen LogP contribution in [0.5, 0.6) is 0 Å². The minimum atomic E-state index is -0.484. The van der Waals surface area contributed by atoms with Gasteiger partial charge in [-0.25, -0.2) is 14.8 Å². The molecule has 1 aromatic carbocycles. The molecule has 1 atom stereocenters. The number of anilines is 2. The fourth-order valence-corrected chi connectivity index (χ4v) is 3.40. The van der Waals surface area contributed by atoms with Gasteiger partial charge in [-0.3, -0.25) is 0 Å². The summed E-state index contributed by atoms with van der Waals surface area (Å²) in [5.74, 6) is 1.57. The average Bonchev–Trinajstić information content (AvgIpc) is 3.45. The van der Waals surface area contributed by atoms with Crippen LogP contribution in [0.3, 0.4) is 0 Å². The van der Waals surface area contributed by atoms with Gasteiger partial charge >= 0.3 is 6.09 Å². The molecular weight excluding hydrogens is 354 g/mol. The highest BCUT2D eigenvalue weighted by atomic mass is 16.6. The molecule has 7 nitrogen and oxygen atoms in total. The SMILES string of the molecule is CC(C)(C)OC(=O)N1CCC[C@H](Nc2nc3ccccc3nc2NC2CC2)C1. The largest absolute Gasteiger partial charge is 0.444 e. The van der Waals surface area contributed by atoms with Crippen LogP contribution in [0.25, 0.3) is 11.0 Å². The Kier molecular flexibility index (Phi) is 5.00. The Morgan fingerprint density at radius 2 is 1.64 bits per heavy atom. The first-order chi connectivity index (χ1) is 13.4. The van der Waals surface area contributed by atoms with Crippen molar-refractivity contribution in [2.75, 3.05) is 23.7 Å². The van der Waals surface area contributed by atoms with Crippen LogP contribution < -0.4 is 10.6 Å². The number of piperidine rings is 1. The Bertz CT molecular complexity index is 859. The number of rotatable bonds is 4. The number of hydrogen-bond donors (Lipinski definition) is 2. The number of para-hydroxylation sites is 2. The molecule has 2 heterocycles. The monoisotopic (exact) mass is 383 g/mol. The second-order valence-electron chi connectivity index (χ2n) is 8.74. The molecule has 28 heavy (non-hydrogen) atoms. The van der Waals surface area contributed by atoms with Gasteiger partial charge in [-0.1, -0.05) is 12.1 Å². The Hall–Kier alpha value is -2.57. The van der Waals surface area contributed by atoms with Crippen LogP contribution in [0, 0.1) is 0 Å². The lowest BCUT2D eigenvalue weighted by atomic mass is 10.1. The predicted molar refractivity (Wildman–Crippen MR) is 111 cm³/mol. The summed E-state index contributed by atoms with van der Waals surface area (Å²) in [6, 6.07) is 8.51. The van der Waals surface area contributed by atoms with Crippen molar-refractivity contribution < 1.29 is 9.53 Å². The first kappa shape index (κ1) is 18.8. The second-order valence-corrected chi connectivity index (χ2v) is 8.74. The van der Waals surface area contributed by atoms with Gasteiger partial charge in [0.05, 0.1) is 11.0 Å². The van der Waals surface area contributed by atoms with Gasteiger partial charge in [-0.15, -0.1) is 0 Å². The second kappa shape index (κ2) is 7.45. The maximum Gasteiger partial charge on any atom is 0.410 e. The molecule has 0 unspecified atom stereocenters. The van der Waals surface area contributed by atoms with Crippen molar-refractivity contribution in [3.05, 3.63) is 24.3 Å². The first-order valence-corrected chi connectivity index (χ1v) is 10.2. The van der Waals surface area contributed by atoms with E-state index >= 15 is 0 Å². The van der Waals surface area contributed by atoms with E-state index in [1.807, 2.05) is 45.0 Å². The van der Waals surface area contributed by atoms with Crippen LogP contribution in [0.4, 0.5) is 16.4 Å². The summed E-state index contributed by atoms with van der Waals surface area (Å²) in [6.45, 7) is 7.01. The van der Waals surface area contributed by atoms with Crippen molar-refractivity contribution in [1.29, 1.82) is 0 Å². The van der Waals surface area contributed by atoms with Gasteiger partial charge < -0.3 is 20.3 Å². The summed E-state index contributed by atoms with van der Waals surface area (Å²) in [7, 11) is 0. The maximum absolute atomic E-state index is 12.4. The number of hydrogen-bond acceptors (Lipinski definition) is 6. The number of carbonyl (C=O) groups excluding carboxylic acids is 1. The van der Waals surface area contributed by atoms with Crippen molar-refractivity contribution >= 4 is 28.8 Å². The minimum Gasteiger partial charge on any atom is -0.444 e. The predicted octanol–water partition coefficient (Wildman–Crippen LogP) is 4.02. The van der Waals surface area contributed by atoms with Gasteiger partial charge in [0.1, 0.15) is 5.60 Å². The third kappa shape index (κ3) is 4.64. The van der Waals surface area contributed by atoms with Crippen LogP contribution in [0.1, 0.15) is 46.5 Å². The zero-order chi connectivity index (χ0) is 19.7. The summed E-state index contributed by atoms with van der Waals surface area (Å²) in [4.78, 5) is 23.8. The molecule has 7 heteroatoms. The van der Waals surface area contributed by atoms with Crippen LogP contribution in [-0.4, -0.2) is 51.7 Å². The Balaban J connectivity index is 1.51. The Morgan fingerprint density at radius 1 is 1.04 bits per heavy atom. The third-order valence-corrected chi connectivity index (χ3v) is 4.90. The van der Waals surface area contributed by atoms with E-state index in [0.29, 0.717) is 12.6 Å². The van der Waals surface area contributed by atoms with Crippen molar-refractivity contribution in [3.8, 4) is 0 Å². The van der Waals surface area contributed by atoms with E-state index in [4.69, 9.17) is 14.7 Å². The summed E-state index contributed by atoms with van der Waals surface area (Å²) in [5, 5.41) is 7.03. The molecule has 2 aliphatic rings. The minimum absolute atomic E-state index is 0.122. The molecular formula is C21H29N5O2. The molecule has 0 radical (unpaired) electrons. The van der Waals surface area contributed by atoms with E-state index in [-0.39, 0.29) is 12.1 Å². The van der Waals surface area contributed by atoms with Crippen LogP contribution in [0.15, 0.2) is 24.3 Å². The molecule has 0 spiro atoms. The van der Waals surface area contributed by atoms with E-state index in [0.717, 1.165) is 42.1 Å². The zero-order valence-corrected chi connectivity index (χ0v) is 16.9. The summed E-state index contributed by atoms with van der Waals surface area (Å²) in [5.41, 5.74) is 1.27. The van der Waals surface area contributed by atoms with Crippen LogP contribution >= 0.6 is 0 Å². The lowest BCUT2D eigenvalue weighted by molar-refractivity contribution is 0.0206. The highest BCUT2D eigenvalue weighted by Gasteiger charge is 2.29. The number of nitrogens with one attached hydrogen (secondary N) is 2. The molecule has 1 aliphatic heterocycles. The molecule has 4 rings (SSSR count). The number of nitrogens with zero attached hydrogens (tertiary/aromatic N) is 3. The van der Waals surface area contributed by atoms with Crippen molar-refractivity contribution in [2.24, 2.45) is 0 Å². The molecule has 0 bridgehead atoms. The van der Waals surface area contributed by atoms with Crippen molar-refractivity contribution in [1.82, 2.24) is 14.9 Å². The van der Waals surface area contributed by atoms with Crippen LogP contribution in [0.2, 0.25) is 0 Å². The lowest BCUT2D eigenvalue weighted by Crippen LogP contribution is -2.47. The average molecular weight is 383 g/mol. The van der Waals surface area contributed by atoms with E-state index in [1.54, 1.807) is 4.90 Å². The molecule has 2 aromatic rings. The maximum atomic E-state index is 12.4. The first-order valence-electron chi connectivity index (χ1n) is 10.2. The number of likely N-dealkylation sites (tertiary alicyclic amines) is 1. The highest BCUT2D eigenvalue weighted by Crippen LogP contribution is 2.30. The van der Waals surface area contributed by atoms with E-state index < -0.39 is 5.60 Å². The van der Waals surface area contributed by atoms with Gasteiger partial charge in [0.25, 0.3) is 0 Å². The summed E-state index contributed by atoms with van der Waals surface area (Å²) >= 11 is 0. The van der Waals surface area contributed by atoms with Gasteiger partial charge in [-0.05, 0) is 58.6 Å². The molecule has 150 valence electrons. The third-order valence-electron chi connectivity index (χ3n) is 4.90. The van der Waals surface area contributed by atoms with Gasteiger partial charge in [0.2, 0.25) is 0 Å². The fourth-order valence-electron chi connectivity index (χ4n) is 3.40. The van der Waals surface area contributed by atoms with Gasteiger partial charge in [0, 0.05) is 25.2 Å². The normalized spacial score (nSPS) is 20.1. The number of amides is 1. The molecule has 1 aromatic heterocycles. The topological polar surface area (TPSA) is 79.4 Å². The Labute approximate surface area is 165 Å². The fraction of sp³-hybridized carbons (Fsp3) is 0.571. The molecule has 1 saturated carbocycles. The lowest BCUT2D eigenvalue weighted by Gasteiger charge is -2.34. The molecule has 1 saturated heterocycles. The van der Waals surface area contributed by atoms with E-state index in [9.17, 15) is 4.79 Å². The number of fused-ring (bicyclic) bond motifs is 1. The smallest absolute Gasteiger partial charge is 0.410 e. The van der Waals surface area contributed by atoms with Crippen molar-refractivity contribution in [2.45, 2.75) is 64.1 Å². The highest BCUT2D eigenvalue weighted by molar-refractivity contribution is 5.80. The molecule has 1 amide bonds. The molecule has 1 aliphatic carbocycles. The quantitative estimate of drug-likeness (QED) is 0.830. The zero-order valence-electron chi connectivity index (χ0n) is 16.9. The number of carbonyl (C=O) groups is 1. The van der Waals surface area contributed by atoms with Gasteiger partial charge in [0.15, 0.2) is 11.6 Å². The summed E-state index contributed by atoms with van der Waals surface area (Å²) < 4.78 is 5.54. The van der Waals surface area contributed by atoms with Crippen molar-refractivity contribution in [3.63, 3.8) is 0 Å². The number of benzene rings is 1.